The van der Waals surface area contributed by atoms with Crippen molar-refractivity contribution in [2.75, 3.05) is 0 Å². The Balaban J connectivity index is 1.89. The maximum atomic E-state index is 11.4. The molecule has 0 radical (unpaired) electrons. The molecule has 132 valence electrons. The quantitative estimate of drug-likeness (QED) is 0.361. The van der Waals surface area contributed by atoms with Gasteiger partial charge in [0.2, 0.25) is 0 Å². The summed E-state index contributed by atoms with van der Waals surface area (Å²) in [5, 5.41) is 0. The molecule has 0 saturated heterocycles. The largest absolute Gasteiger partial charge is 0.420 e. The van der Waals surface area contributed by atoms with Gasteiger partial charge in [0.15, 0.2) is 11.6 Å². The van der Waals surface area contributed by atoms with Gasteiger partial charge in [-0.25, -0.2) is 14.8 Å². The van der Waals surface area contributed by atoms with Gasteiger partial charge in [-0.2, -0.15) is 0 Å². The Kier molecular flexibility index (Phi) is 7.83. The van der Waals surface area contributed by atoms with Crippen molar-refractivity contribution in [2.24, 2.45) is 0 Å². The number of rotatable bonds is 9. The molecule has 2 rings (SSSR count). The molecule has 0 spiro atoms. The predicted molar refractivity (Wildman–Crippen MR) is 100 cm³/mol. The molecule has 0 saturated carbocycles. The van der Waals surface area contributed by atoms with E-state index in [9.17, 15) is 4.79 Å². The third-order valence-corrected chi connectivity index (χ3v) is 3.93. The Morgan fingerprint density at radius 1 is 1.04 bits per heavy atom. The van der Waals surface area contributed by atoms with Gasteiger partial charge in [0, 0.05) is 11.6 Å². The number of benzene rings is 1. The summed E-state index contributed by atoms with van der Waals surface area (Å²) in [5.74, 6) is 0.540. The molecular weight excluding hydrogens is 312 g/mol. The molecule has 0 bridgehead atoms. The van der Waals surface area contributed by atoms with Crippen LogP contribution in [0.2, 0.25) is 0 Å². The number of aryl methyl sites for hydroxylation is 1. The lowest BCUT2D eigenvalue weighted by Gasteiger charge is -2.05. The number of carbonyl (C=O) groups is 1. The first-order chi connectivity index (χ1) is 12.2. The van der Waals surface area contributed by atoms with Gasteiger partial charge < -0.3 is 4.74 Å². The van der Waals surface area contributed by atoms with Crippen LogP contribution in [0.5, 0.6) is 5.75 Å². The molecule has 4 heteroatoms. The molecule has 4 nitrogen and oxygen atoms in total. The lowest BCUT2D eigenvalue weighted by atomic mass is 10.0. The first kappa shape index (κ1) is 18.8. The lowest BCUT2D eigenvalue weighted by Crippen LogP contribution is -2.04. The fraction of sp³-hybridized carbons (Fsp3) is 0.381. The van der Waals surface area contributed by atoms with Crippen LogP contribution in [-0.4, -0.2) is 15.9 Å². The lowest BCUT2D eigenvalue weighted by molar-refractivity contribution is -0.129. The zero-order valence-corrected chi connectivity index (χ0v) is 15.1. The van der Waals surface area contributed by atoms with Crippen molar-refractivity contribution in [1.82, 2.24) is 9.97 Å². The molecule has 1 heterocycles. The van der Waals surface area contributed by atoms with Crippen molar-refractivity contribution in [3.63, 3.8) is 0 Å². The molecule has 0 aliphatic rings. The third-order valence-electron chi connectivity index (χ3n) is 3.93. The van der Waals surface area contributed by atoms with Crippen LogP contribution >= 0.6 is 0 Å². The molecule has 0 aliphatic heterocycles. The van der Waals surface area contributed by atoms with E-state index < -0.39 is 5.97 Å². The number of allylic oxidation sites excluding steroid dienone is 1. The fourth-order valence-corrected chi connectivity index (χ4v) is 2.56. The summed E-state index contributed by atoms with van der Waals surface area (Å²) in [5.41, 5.74) is 2.30. The second kappa shape index (κ2) is 10.4. The average molecular weight is 338 g/mol. The average Bonchev–Trinajstić information content (AvgIpc) is 2.63. The number of aromatic nitrogens is 2. The molecular formula is C21H26N2O2. The number of ether oxygens (including phenoxy) is 1. The zero-order chi connectivity index (χ0) is 17.9. The highest BCUT2D eigenvalue weighted by molar-refractivity contribution is 5.83. The van der Waals surface area contributed by atoms with Crippen molar-refractivity contribution in [2.45, 2.75) is 52.4 Å². The minimum absolute atomic E-state index is 0.343. The number of esters is 1. The van der Waals surface area contributed by atoms with Gasteiger partial charge in [-0.3, -0.25) is 0 Å². The Morgan fingerprint density at radius 3 is 2.36 bits per heavy atom. The van der Waals surface area contributed by atoms with E-state index >= 15 is 0 Å². The summed E-state index contributed by atoms with van der Waals surface area (Å²) in [7, 11) is 0. The molecule has 0 N–H and O–H groups in total. The SMILES string of the molecule is C/C=C/C(=O)Oc1cnc(-c2ccc(CCCCCCC)cc2)nc1. The minimum Gasteiger partial charge on any atom is -0.420 e. The number of hydrogen-bond acceptors (Lipinski definition) is 4. The van der Waals surface area contributed by atoms with Crippen LogP contribution < -0.4 is 4.74 Å². The Hall–Kier alpha value is -2.49. The highest BCUT2D eigenvalue weighted by Crippen LogP contribution is 2.18. The second-order valence-electron chi connectivity index (χ2n) is 6.02. The van der Waals surface area contributed by atoms with Gasteiger partial charge in [-0.05, 0) is 25.3 Å². The maximum Gasteiger partial charge on any atom is 0.335 e. The summed E-state index contributed by atoms with van der Waals surface area (Å²) in [6.45, 7) is 4.00. The van der Waals surface area contributed by atoms with Crippen molar-refractivity contribution in [3.8, 4) is 17.1 Å². The molecule has 2 aromatic rings. The highest BCUT2D eigenvalue weighted by Gasteiger charge is 2.05. The molecule has 0 atom stereocenters. The van der Waals surface area contributed by atoms with E-state index in [1.807, 2.05) is 12.1 Å². The molecule has 1 aromatic heterocycles. The van der Waals surface area contributed by atoms with Crippen molar-refractivity contribution in [3.05, 3.63) is 54.4 Å². The second-order valence-corrected chi connectivity index (χ2v) is 6.02. The van der Waals surface area contributed by atoms with E-state index in [0.29, 0.717) is 11.6 Å². The van der Waals surface area contributed by atoms with Crippen LogP contribution in [0.25, 0.3) is 11.4 Å². The van der Waals surface area contributed by atoms with Crippen molar-refractivity contribution in [1.29, 1.82) is 0 Å². The van der Waals surface area contributed by atoms with Crippen molar-refractivity contribution >= 4 is 5.97 Å². The van der Waals surface area contributed by atoms with E-state index in [1.165, 1.54) is 56.1 Å². The fourth-order valence-electron chi connectivity index (χ4n) is 2.56. The molecule has 0 aliphatic carbocycles. The number of hydrogen-bond donors (Lipinski definition) is 0. The highest BCUT2D eigenvalue weighted by atomic mass is 16.5. The smallest absolute Gasteiger partial charge is 0.335 e. The Labute approximate surface area is 150 Å². The molecule has 0 amide bonds. The zero-order valence-electron chi connectivity index (χ0n) is 15.1. The van der Waals surface area contributed by atoms with Gasteiger partial charge in [0.1, 0.15) is 0 Å². The number of carbonyl (C=O) groups excluding carboxylic acids is 1. The van der Waals surface area contributed by atoms with Crippen LogP contribution in [-0.2, 0) is 11.2 Å². The van der Waals surface area contributed by atoms with Crippen molar-refractivity contribution < 1.29 is 9.53 Å². The van der Waals surface area contributed by atoms with Gasteiger partial charge in [0.25, 0.3) is 0 Å². The van der Waals surface area contributed by atoms with Crippen LogP contribution in [0.4, 0.5) is 0 Å². The first-order valence-electron chi connectivity index (χ1n) is 8.98. The third kappa shape index (κ3) is 6.49. The summed E-state index contributed by atoms with van der Waals surface area (Å²) >= 11 is 0. The van der Waals surface area contributed by atoms with E-state index in [-0.39, 0.29) is 0 Å². The maximum absolute atomic E-state index is 11.4. The summed E-state index contributed by atoms with van der Waals surface area (Å²) < 4.78 is 5.09. The normalized spacial score (nSPS) is 11.0. The summed E-state index contributed by atoms with van der Waals surface area (Å²) in [6, 6.07) is 8.36. The molecule has 25 heavy (non-hydrogen) atoms. The number of nitrogens with zero attached hydrogens (tertiary/aromatic N) is 2. The van der Waals surface area contributed by atoms with Gasteiger partial charge in [0.05, 0.1) is 12.4 Å². The molecule has 0 fully saturated rings. The summed E-state index contributed by atoms with van der Waals surface area (Å²) in [4.78, 5) is 19.9. The monoisotopic (exact) mass is 338 g/mol. The van der Waals surface area contributed by atoms with Gasteiger partial charge >= 0.3 is 5.97 Å². The van der Waals surface area contributed by atoms with E-state index in [4.69, 9.17) is 4.74 Å². The van der Waals surface area contributed by atoms with Crippen LogP contribution in [0.1, 0.15) is 51.5 Å². The topological polar surface area (TPSA) is 52.1 Å². The van der Waals surface area contributed by atoms with E-state index in [1.54, 1.807) is 13.0 Å². The standard InChI is InChI=1S/C21H26N2O2/c1-3-5-6-7-8-10-17-11-13-18(14-12-17)21-22-15-19(16-23-21)25-20(24)9-4-2/h4,9,11-16H,3,5-8,10H2,1-2H3/b9-4+. The first-order valence-corrected chi connectivity index (χ1v) is 8.98. The Morgan fingerprint density at radius 2 is 1.72 bits per heavy atom. The number of unbranched alkanes of at least 4 members (excludes halogenated alkanes) is 4. The Bertz CT molecular complexity index is 676. The minimum atomic E-state index is -0.429. The molecule has 0 unspecified atom stereocenters. The summed E-state index contributed by atoms with van der Waals surface area (Å²) in [6.07, 6.45) is 13.6. The van der Waals surface area contributed by atoms with Gasteiger partial charge in [-0.15, -0.1) is 0 Å². The van der Waals surface area contributed by atoms with E-state index in [0.717, 1.165) is 12.0 Å². The van der Waals surface area contributed by atoms with Crippen LogP contribution in [0.3, 0.4) is 0 Å². The predicted octanol–water partition coefficient (Wildman–Crippen LogP) is 5.14. The van der Waals surface area contributed by atoms with Crippen LogP contribution in [0.15, 0.2) is 48.8 Å². The molecule has 1 aromatic carbocycles. The van der Waals surface area contributed by atoms with E-state index in [2.05, 4.69) is 29.0 Å². The van der Waals surface area contributed by atoms with Gasteiger partial charge in [-0.1, -0.05) is 62.9 Å². The van der Waals surface area contributed by atoms with Crippen LogP contribution in [0, 0.1) is 0 Å².